The zero-order valence-electron chi connectivity index (χ0n) is 17.5. The van der Waals surface area contributed by atoms with Gasteiger partial charge in [-0.25, -0.2) is 4.98 Å². The Morgan fingerprint density at radius 2 is 2.03 bits per heavy atom. The van der Waals surface area contributed by atoms with E-state index < -0.39 is 11.8 Å². The highest BCUT2D eigenvalue weighted by atomic mass is 16.2. The number of piperidine rings is 1. The summed E-state index contributed by atoms with van der Waals surface area (Å²) in [7, 11) is 0. The molecule has 0 aliphatic carbocycles. The number of rotatable bonds is 3. The highest BCUT2D eigenvalue weighted by Crippen LogP contribution is 2.39. The van der Waals surface area contributed by atoms with Gasteiger partial charge in [-0.05, 0) is 54.9 Å². The molecule has 7 nitrogen and oxygen atoms in total. The lowest BCUT2D eigenvalue weighted by Gasteiger charge is -2.43. The zero-order valence-corrected chi connectivity index (χ0v) is 17.5. The van der Waals surface area contributed by atoms with Crippen molar-refractivity contribution in [2.24, 2.45) is 5.41 Å². The highest BCUT2D eigenvalue weighted by Gasteiger charge is 2.38. The third kappa shape index (κ3) is 4.72. The Balaban J connectivity index is 1.82. The van der Waals surface area contributed by atoms with Gasteiger partial charge >= 0.3 is 11.8 Å². The molecular weight excluding hydrogens is 366 g/mol. The summed E-state index contributed by atoms with van der Waals surface area (Å²) in [6, 6.07) is 5.52. The SMILES string of the molecule is CCc1cc(NC(=O)C(=O)N2CC(C)(C)CC[C@H]2c2ccc(C)nc2)cnc1N. The van der Waals surface area contributed by atoms with Gasteiger partial charge in [-0.15, -0.1) is 0 Å². The summed E-state index contributed by atoms with van der Waals surface area (Å²) in [5, 5.41) is 2.69. The van der Waals surface area contributed by atoms with E-state index in [-0.39, 0.29) is 11.5 Å². The average Bonchev–Trinajstić information content (AvgIpc) is 2.69. The van der Waals surface area contributed by atoms with Crippen LogP contribution in [-0.2, 0) is 16.0 Å². The molecule has 2 amide bonds. The van der Waals surface area contributed by atoms with Gasteiger partial charge < -0.3 is 16.0 Å². The number of carbonyl (C=O) groups excluding carboxylic acids is 2. The maximum Gasteiger partial charge on any atom is 0.313 e. The average molecular weight is 396 g/mol. The third-order valence-corrected chi connectivity index (χ3v) is 5.48. The number of hydrogen-bond donors (Lipinski definition) is 2. The molecule has 3 N–H and O–H groups in total. The van der Waals surface area contributed by atoms with E-state index >= 15 is 0 Å². The molecule has 0 unspecified atom stereocenters. The minimum Gasteiger partial charge on any atom is -0.383 e. The molecule has 154 valence electrons. The summed E-state index contributed by atoms with van der Waals surface area (Å²) < 4.78 is 0. The predicted octanol–water partition coefficient (Wildman–Crippen LogP) is 3.26. The molecular formula is C22H29N5O2. The summed E-state index contributed by atoms with van der Waals surface area (Å²) in [5.74, 6) is -0.777. The lowest BCUT2D eigenvalue weighted by atomic mass is 9.79. The molecule has 0 spiro atoms. The molecule has 1 aliphatic rings. The topological polar surface area (TPSA) is 101 Å². The first-order chi connectivity index (χ1) is 13.7. The van der Waals surface area contributed by atoms with Crippen molar-refractivity contribution in [1.82, 2.24) is 14.9 Å². The fourth-order valence-electron chi connectivity index (χ4n) is 3.76. The Bertz CT molecular complexity index is 908. The number of nitrogens with zero attached hydrogens (tertiary/aromatic N) is 3. The van der Waals surface area contributed by atoms with E-state index in [1.807, 2.05) is 26.0 Å². The molecule has 0 radical (unpaired) electrons. The quantitative estimate of drug-likeness (QED) is 0.777. The molecule has 7 heteroatoms. The summed E-state index contributed by atoms with van der Waals surface area (Å²) >= 11 is 0. The van der Waals surface area contributed by atoms with Crippen molar-refractivity contribution < 1.29 is 9.59 Å². The Hall–Kier alpha value is -2.96. The van der Waals surface area contributed by atoms with Crippen LogP contribution in [0.2, 0.25) is 0 Å². The number of aromatic nitrogens is 2. The van der Waals surface area contributed by atoms with Crippen LogP contribution in [-0.4, -0.2) is 33.2 Å². The molecule has 1 saturated heterocycles. The molecule has 0 aromatic carbocycles. The van der Waals surface area contributed by atoms with E-state index in [9.17, 15) is 9.59 Å². The van der Waals surface area contributed by atoms with Crippen LogP contribution in [0.25, 0.3) is 0 Å². The number of aryl methyl sites for hydroxylation is 2. The first-order valence-electron chi connectivity index (χ1n) is 9.99. The largest absolute Gasteiger partial charge is 0.383 e. The van der Waals surface area contributed by atoms with Gasteiger partial charge in [-0.2, -0.15) is 0 Å². The Morgan fingerprint density at radius 3 is 2.69 bits per heavy atom. The van der Waals surface area contributed by atoms with Gasteiger partial charge in [-0.1, -0.05) is 26.8 Å². The third-order valence-electron chi connectivity index (χ3n) is 5.48. The van der Waals surface area contributed by atoms with Crippen molar-refractivity contribution in [3.63, 3.8) is 0 Å². The molecule has 2 aromatic rings. The lowest BCUT2D eigenvalue weighted by Crippen LogP contribution is -2.49. The van der Waals surface area contributed by atoms with Gasteiger partial charge in [0.05, 0.1) is 17.9 Å². The molecule has 2 aromatic heterocycles. The van der Waals surface area contributed by atoms with Gasteiger partial charge in [0, 0.05) is 18.4 Å². The van der Waals surface area contributed by atoms with Crippen LogP contribution in [0.3, 0.4) is 0 Å². The summed E-state index contributed by atoms with van der Waals surface area (Å²) in [6.07, 6.45) is 5.73. The Kier molecular flexibility index (Phi) is 5.86. The van der Waals surface area contributed by atoms with Crippen LogP contribution < -0.4 is 11.1 Å². The van der Waals surface area contributed by atoms with Crippen LogP contribution in [0.15, 0.2) is 30.6 Å². The first-order valence-corrected chi connectivity index (χ1v) is 9.99. The van der Waals surface area contributed by atoms with Crippen molar-refractivity contribution in [3.8, 4) is 0 Å². The van der Waals surface area contributed by atoms with E-state index in [0.29, 0.717) is 24.5 Å². The molecule has 0 saturated carbocycles. The molecule has 1 fully saturated rings. The second-order valence-electron chi connectivity index (χ2n) is 8.46. The van der Waals surface area contributed by atoms with E-state index in [2.05, 4.69) is 29.1 Å². The van der Waals surface area contributed by atoms with Crippen LogP contribution in [0.5, 0.6) is 0 Å². The number of anilines is 2. The smallest absolute Gasteiger partial charge is 0.313 e. The molecule has 29 heavy (non-hydrogen) atoms. The summed E-state index contributed by atoms with van der Waals surface area (Å²) in [6.45, 7) is 8.63. The van der Waals surface area contributed by atoms with E-state index in [1.54, 1.807) is 17.2 Å². The number of carbonyl (C=O) groups is 2. The van der Waals surface area contributed by atoms with Crippen molar-refractivity contribution in [3.05, 3.63) is 47.4 Å². The first kappa shape index (κ1) is 20.8. The number of nitrogen functional groups attached to an aromatic ring is 1. The standard InChI is InChI=1S/C22H29N5O2/c1-5-15-10-17(12-25-19(15)23)26-20(28)21(29)27-13-22(3,4)9-8-18(27)16-7-6-14(2)24-11-16/h6-7,10-12,18H,5,8-9,13H2,1-4H3,(H2,23,25)(H,26,28)/t18-/m0/s1. The van der Waals surface area contributed by atoms with Gasteiger partial charge in [-0.3, -0.25) is 14.6 Å². The maximum absolute atomic E-state index is 13.1. The van der Waals surface area contributed by atoms with Crippen molar-refractivity contribution >= 4 is 23.3 Å². The van der Waals surface area contributed by atoms with Crippen molar-refractivity contribution in [1.29, 1.82) is 0 Å². The van der Waals surface area contributed by atoms with Gasteiger partial charge in [0.15, 0.2) is 0 Å². The molecule has 3 rings (SSSR count). The number of nitrogens with one attached hydrogen (secondary N) is 1. The molecule has 1 aliphatic heterocycles. The molecule has 0 bridgehead atoms. The fraction of sp³-hybridized carbons (Fsp3) is 0.455. The van der Waals surface area contributed by atoms with Crippen LogP contribution in [0.1, 0.15) is 56.5 Å². The summed E-state index contributed by atoms with van der Waals surface area (Å²) in [5.41, 5.74) is 8.95. The number of pyridine rings is 2. The Morgan fingerprint density at radius 1 is 1.28 bits per heavy atom. The minimum atomic E-state index is -0.665. The normalized spacial score (nSPS) is 18.3. The number of amides is 2. The lowest BCUT2D eigenvalue weighted by molar-refractivity contribution is -0.147. The van der Waals surface area contributed by atoms with Crippen molar-refractivity contribution in [2.75, 3.05) is 17.6 Å². The number of hydrogen-bond acceptors (Lipinski definition) is 5. The van der Waals surface area contributed by atoms with E-state index in [4.69, 9.17) is 5.73 Å². The second-order valence-corrected chi connectivity index (χ2v) is 8.46. The molecule has 3 heterocycles. The van der Waals surface area contributed by atoms with Crippen LogP contribution in [0.4, 0.5) is 11.5 Å². The fourth-order valence-corrected chi connectivity index (χ4v) is 3.76. The van der Waals surface area contributed by atoms with Gasteiger partial charge in [0.1, 0.15) is 5.82 Å². The van der Waals surface area contributed by atoms with Crippen molar-refractivity contribution in [2.45, 2.75) is 53.0 Å². The predicted molar refractivity (Wildman–Crippen MR) is 113 cm³/mol. The number of likely N-dealkylation sites (tertiary alicyclic amines) is 1. The maximum atomic E-state index is 13.1. The van der Waals surface area contributed by atoms with Gasteiger partial charge in [0.2, 0.25) is 0 Å². The monoisotopic (exact) mass is 395 g/mol. The zero-order chi connectivity index (χ0) is 21.2. The van der Waals surface area contributed by atoms with Crippen LogP contribution >= 0.6 is 0 Å². The molecule has 1 atom stereocenters. The number of nitrogens with two attached hydrogens (primary N) is 1. The van der Waals surface area contributed by atoms with Crippen LogP contribution in [0, 0.1) is 12.3 Å². The minimum absolute atomic E-state index is 0.0529. The van der Waals surface area contributed by atoms with Gasteiger partial charge in [0.25, 0.3) is 0 Å². The summed E-state index contributed by atoms with van der Waals surface area (Å²) in [4.78, 5) is 36.0. The van der Waals surface area contributed by atoms with E-state index in [1.165, 1.54) is 6.20 Å². The Labute approximate surface area is 171 Å². The van der Waals surface area contributed by atoms with E-state index in [0.717, 1.165) is 29.7 Å². The highest BCUT2D eigenvalue weighted by molar-refractivity contribution is 6.39. The second kappa shape index (κ2) is 8.19.